The van der Waals surface area contributed by atoms with Crippen LogP contribution in [0.4, 0.5) is 5.69 Å². The first kappa shape index (κ1) is 19.2. The van der Waals surface area contributed by atoms with Crippen LogP contribution in [0.3, 0.4) is 0 Å². The third kappa shape index (κ3) is 4.57. The molecule has 2 heterocycles. The van der Waals surface area contributed by atoms with Crippen molar-refractivity contribution >= 4 is 38.9 Å². The standard InChI is InChI=1S/C18H23ClN2O4S/c19-15-3-1-2-4-16(15)21-12-14(11-17(21)22)18(23)20-8-5-13-6-9-26(24,25)10-7-13/h1-4,13-14H,5-12H2,(H,20,23)/t14-/m1/s1. The second-order valence-electron chi connectivity index (χ2n) is 7.03. The minimum Gasteiger partial charge on any atom is -0.356 e. The van der Waals surface area contributed by atoms with E-state index in [0.29, 0.717) is 42.6 Å². The molecule has 0 saturated carbocycles. The van der Waals surface area contributed by atoms with Crippen molar-refractivity contribution in [3.05, 3.63) is 29.3 Å². The van der Waals surface area contributed by atoms with Crippen LogP contribution in [-0.4, -0.2) is 44.8 Å². The summed E-state index contributed by atoms with van der Waals surface area (Å²) in [6, 6.07) is 7.11. The van der Waals surface area contributed by atoms with E-state index in [1.807, 2.05) is 6.07 Å². The third-order valence-electron chi connectivity index (χ3n) is 5.17. The highest BCUT2D eigenvalue weighted by atomic mass is 35.5. The highest BCUT2D eigenvalue weighted by Gasteiger charge is 2.35. The molecule has 2 aliphatic heterocycles. The molecule has 26 heavy (non-hydrogen) atoms. The van der Waals surface area contributed by atoms with Gasteiger partial charge in [-0.15, -0.1) is 0 Å². The molecule has 142 valence electrons. The maximum absolute atomic E-state index is 12.4. The molecule has 0 aliphatic carbocycles. The van der Waals surface area contributed by atoms with Crippen LogP contribution in [0.25, 0.3) is 0 Å². The average molecular weight is 399 g/mol. The van der Waals surface area contributed by atoms with E-state index in [1.54, 1.807) is 23.1 Å². The molecule has 0 bridgehead atoms. The van der Waals surface area contributed by atoms with Gasteiger partial charge in [-0.2, -0.15) is 0 Å². The van der Waals surface area contributed by atoms with Gasteiger partial charge in [-0.1, -0.05) is 23.7 Å². The zero-order valence-electron chi connectivity index (χ0n) is 14.5. The van der Waals surface area contributed by atoms with E-state index in [2.05, 4.69) is 5.32 Å². The summed E-state index contributed by atoms with van der Waals surface area (Å²) in [4.78, 5) is 26.2. The van der Waals surface area contributed by atoms with Crippen molar-refractivity contribution in [2.75, 3.05) is 29.5 Å². The number of rotatable bonds is 5. The van der Waals surface area contributed by atoms with Gasteiger partial charge >= 0.3 is 0 Å². The smallest absolute Gasteiger partial charge is 0.227 e. The number of anilines is 1. The molecule has 2 aliphatic rings. The molecule has 0 radical (unpaired) electrons. The van der Waals surface area contributed by atoms with Gasteiger partial charge in [-0.05, 0) is 37.3 Å². The van der Waals surface area contributed by atoms with Crippen LogP contribution in [0.2, 0.25) is 5.02 Å². The van der Waals surface area contributed by atoms with Gasteiger partial charge < -0.3 is 10.2 Å². The number of hydrogen-bond donors (Lipinski definition) is 1. The first-order valence-corrected chi connectivity index (χ1v) is 11.1. The van der Waals surface area contributed by atoms with Crippen molar-refractivity contribution < 1.29 is 18.0 Å². The van der Waals surface area contributed by atoms with Crippen LogP contribution in [-0.2, 0) is 19.4 Å². The minimum atomic E-state index is -2.85. The molecule has 0 unspecified atom stereocenters. The lowest BCUT2D eigenvalue weighted by atomic mass is 9.99. The number of halogens is 1. The monoisotopic (exact) mass is 398 g/mol. The summed E-state index contributed by atoms with van der Waals surface area (Å²) in [6.45, 7) is 0.844. The van der Waals surface area contributed by atoms with Crippen LogP contribution in [0, 0.1) is 11.8 Å². The molecule has 3 rings (SSSR count). The van der Waals surface area contributed by atoms with Crippen molar-refractivity contribution in [3.8, 4) is 0 Å². The zero-order valence-corrected chi connectivity index (χ0v) is 16.1. The number of hydrogen-bond acceptors (Lipinski definition) is 4. The molecular formula is C18H23ClN2O4S. The number of carbonyl (C=O) groups excluding carboxylic acids is 2. The number of para-hydroxylation sites is 1. The number of benzene rings is 1. The molecule has 1 aromatic carbocycles. The lowest BCUT2D eigenvalue weighted by molar-refractivity contribution is -0.126. The van der Waals surface area contributed by atoms with Crippen LogP contribution in [0.15, 0.2) is 24.3 Å². The first-order valence-electron chi connectivity index (χ1n) is 8.89. The maximum Gasteiger partial charge on any atom is 0.227 e. The van der Waals surface area contributed by atoms with Gasteiger partial charge in [-0.3, -0.25) is 9.59 Å². The Balaban J connectivity index is 1.47. The molecule has 2 fully saturated rings. The topological polar surface area (TPSA) is 83.5 Å². The van der Waals surface area contributed by atoms with E-state index >= 15 is 0 Å². The van der Waals surface area contributed by atoms with Crippen molar-refractivity contribution in [3.63, 3.8) is 0 Å². The molecule has 1 atom stereocenters. The summed E-state index contributed by atoms with van der Waals surface area (Å²) in [5.41, 5.74) is 0.637. The molecule has 1 aromatic rings. The van der Waals surface area contributed by atoms with Crippen LogP contribution >= 0.6 is 11.6 Å². The van der Waals surface area contributed by atoms with Crippen LogP contribution < -0.4 is 10.2 Å². The lowest BCUT2D eigenvalue weighted by Gasteiger charge is -2.22. The minimum absolute atomic E-state index is 0.101. The largest absolute Gasteiger partial charge is 0.356 e. The fourth-order valence-electron chi connectivity index (χ4n) is 3.56. The van der Waals surface area contributed by atoms with Gasteiger partial charge in [0.25, 0.3) is 0 Å². The van der Waals surface area contributed by atoms with E-state index in [4.69, 9.17) is 11.6 Å². The van der Waals surface area contributed by atoms with E-state index in [9.17, 15) is 18.0 Å². The lowest BCUT2D eigenvalue weighted by Crippen LogP contribution is -2.35. The third-order valence-corrected chi connectivity index (χ3v) is 7.20. The first-order chi connectivity index (χ1) is 12.4. The summed E-state index contributed by atoms with van der Waals surface area (Å²) >= 11 is 6.15. The van der Waals surface area contributed by atoms with Gasteiger partial charge in [-0.25, -0.2) is 8.42 Å². The maximum atomic E-state index is 12.4. The van der Waals surface area contributed by atoms with Crippen molar-refractivity contribution in [2.24, 2.45) is 11.8 Å². The summed E-state index contributed by atoms with van der Waals surface area (Å²) in [6.07, 6.45) is 2.29. The predicted octanol–water partition coefficient (Wildman–Crippen LogP) is 2.02. The van der Waals surface area contributed by atoms with Crippen molar-refractivity contribution in [2.45, 2.75) is 25.7 Å². The molecule has 2 amide bonds. The number of sulfone groups is 1. The Morgan fingerprint density at radius 2 is 1.92 bits per heavy atom. The highest BCUT2D eigenvalue weighted by molar-refractivity contribution is 7.91. The van der Waals surface area contributed by atoms with E-state index in [0.717, 1.165) is 6.42 Å². The van der Waals surface area contributed by atoms with E-state index in [1.165, 1.54) is 0 Å². The summed E-state index contributed by atoms with van der Waals surface area (Å²) in [5.74, 6) is 0.215. The van der Waals surface area contributed by atoms with E-state index in [-0.39, 0.29) is 35.7 Å². The molecule has 1 N–H and O–H groups in total. The molecule has 0 spiro atoms. The number of nitrogens with one attached hydrogen (secondary N) is 1. The Hall–Kier alpha value is -1.60. The van der Waals surface area contributed by atoms with Crippen molar-refractivity contribution in [1.29, 1.82) is 0 Å². The predicted molar refractivity (Wildman–Crippen MR) is 101 cm³/mol. The SMILES string of the molecule is O=C(NCCC1CCS(=O)(=O)CC1)[C@@H]1CC(=O)N(c2ccccc2Cl)C1. The molecule has 0 aromatic heterocycles. The van der Waals surface area contributed by atoms with Gasteiger partial charge in [0.2, 0.25) is 11.8 Å². The Bertz CT molecular complexity index is 782. The molecule has 8 heteroatoms. The fraction of sp³-hybridized carbons (Fsp3) is 0.556. The normalized spacial score (nSPS) is 23.2. The number of amides is 2. The summed E-state index contributed by atoms with van der Waals surface area (Å²) < 4.78 is 22.9. The fourth-order valence-corrected chi connectivity index (χ4v) is 5.38. The Morgan fingerprint density at radius 3 is 2.62 bits per heavy atom. The van der Waals surface area contributed by atoms with Crippen LogP contribution in [0.5, 0.6) is 0 Å². The number of carbonyl (C=O) groups is 2. The second-order valence-corrected chi connectivity index (χ2v) is 9.74. The summed E-state index contributed by atoms with van der Waals surface area (Å²) in [7, 11) is -2.85. The Labute approximate surface area is 158 Å². The molecule has 6 nitrogen and oxygen atoms in total. The van der Waals surface area contributed by atoms with Gasteiger partial charge in [0.05, 0.1) is 28.1 Å². The second kappa shape index (κ2) is 7.96. The van der Waals surface area contributed by atoms with Gasteiger partial charge in [0.1, 0.15) is 9.84 Å². The van der Waals surface area contributed by atoms with Gasteiger partial charge in [0.15, 0.2) is 0 Å². The van der Waals surface area contributed by atoms with Crippen molar-refractivity contribution in [1.82, 2.24) is 5.32 Å². The van der Waals surface area contributed by atoms with Crippen LogP contribution in [0.1, 0.15) is 25.7 Å². The summed E-state index contributed by atoms with van der Waals surface area (Å²) in [5, 5.41) is 3.39. The van der Waals surface area contributed by atoms with E-state index < -0.39 is 9.84 Å². The Morgan fingerprint density at radius 1 is 1.23 bits per heavy atom. The quantitative estimate of drug-likeness (QED) is 0.822. The zero-order chi connectivity index (χ0) is 18.7. The highest BCUT2D eigenvalue weighted by Crippen LogP contribution is 2.31. The van der Waals surface area contributed by atoms with Gasteiger partial charge in [0, 0.05) is 19.5 Å². The Kier molecular flexibility index (Phi) is 5.87. The number of nitrogens with zero attached hydrogens (tertiary/aromatic N) is 1. The average Bonchev–Trinajstić information content (AvgIpc) is 2.98. The molecule has 2 saturated heterocycles. The molecular weight excluding hydrogens is 376 g/mol.